The van der Waals surface area contributed by atoms with Gasteiger partial charge in [-0.05, 0) is 11.6 Å². The lowest BCUT2D eigenvalue weighted by Crippen LogP contribution is -2.35. The number of hydrogen-bond donors (Lipinski definition) is 2. The molecule has 0 saturated heterocycles. The van der Waals surface area contributed by atoms with Gasteiger partial charge in [-0.1, -0.05) is 12.2 Å². The first-order chi connectivity index (χ1) is 6.66. The molecule has 0 aromatic heterocycles. The number of nitrogens with one attached hydrogen (secondary N) is 1. The molecule has 2 rings (SSSR count). The fourth-order valence-electron chi connectivity index (χ4n) is 1.43. The molecule has 5 heteroatoms. The highest BCUT2D eigenvalue weighted by molar-refractivity contribution is 5.44. The molecule has 14 heavy (non-hydrogen) atoms. The molecule has 0 aromatic carbocycles. The largest absolute Gasteiger partial charge is 0.386 e. The van der Waals surface area contributed by atoms with Gasteiger partial charge in [0.15, 0.2) is 0 Å². The van der Waals surface area contributed by atoms with Crippen LogP contribution in [-0.2, 0) is 0 Å². The number of nitro groups is 1. The summed E-state index contributed by atoms with van der Waals surface area (Å²) in [5, 5.41) is 13.5. The zero-order chi connectivity index (χ0) is 10.1. The lowest BCUT2D eigenvalue weighted by Gasteiger charge is -2.22. The van der Waals surface area contributed by atoms with Crippen LogP contribution in [0.4, 0.5) is 0 Å². The third kappa shape index (κ3) is 1.39. The van der Waals surface area contributed by atoms with E-state index in [-0.39, 0.29) is 11.7 Å². The Kier molecular flexibility index (Phi) is 1.85. The van der Waals surface area contributed by atoms with E-state index in [1.807, 2.05) is 0 Å². The lowest BCUT2D eigenvalue weighted by atomic mass is 9.98. The van der Waals surface area contributed by atoms with E-state index in [0.717, 1.165) is 5.57 Å². The van der Waals surface area contributed by atoms with E-state index in [2.05, 4.69) is 5.32 Å². The van der Waals surface area contributed by atoms with Crippen LogP contribution >= 0.6 is 0 Å². The van der Waals surface area contributed by atoms with Crippen LogP contribution in [-0.4, -0.2) is 11.0 Å². The molecule has 1 heterocycles. The van der Waals surface area contributed by atoms with Crippen molar-refractivity contribution in [3.8, 4) is 0 Å². The molecule has 3 N–H and O–H groups in total. The molecule has 1 aliphatic heterocycles. The summed E-state index contributed by atoms with van der Waals surface area (Å²) in [6.45, 7) is 0. The highest BCUT2D eigenvalue weighted by atomic mass is 16.6. The Hall–Kier alpha value is -2.04. The fourth-order valence-corrected chi connectivity index (χ4v) is 1.43. The Bertz CT molecular complexity index is 404. The van der Waals surface area contributed by atoms with Gasteiger partial charge in [-0.15, -0.1) is 0 Å². The molecule has 0 spiro atoms. The van der Waals surface area contributed by atoms with Crippen LogP contribution < -0.4 is 11.1 Å². The van der Waals surface area contributed by atoms with Crippen LogP contribution in [0.5, 0.6) is 0 Å². The van der Waals surface area contributed by atoms with Gasteiger partial charge in [-0.3, -0.25) is 10.1 Å². The monoisotopic (exact) mass is 191 g/mol. The van der Waals surface area contributed by atoms with Crippen molar-refractivity contribution in [3.05, 3.63) is 57.6 Å². The van der Waals surface area contributed by atoms with E-state index >= 15 is 0 Å². The van der Waals surface area contributed by atoms with Crippen LogP contribution in [0.1, 0.15) is 0 Å². The van der Waals surface area contributed by atoms with Gasteiger partial charge < -0.3 is 11.1 Å². The van der Waals surface area contributed by atoms with Crippen molar-refractivity contribution >= 4 is 0 Å². The number of allylic oxidation sites excluding steroid dienone is 3. The molecule has 0 saturated carbocycles. The molecule has 2 aliphatic rings. The minimum absolute atomic E-state index is 0.0382. The molecule has 0 aromatic rings. The Morgan fingerprint density at radius 3 is 3.00 bits per heavy atom. The average molecular weight is 191 g/mol. The number of dihydropyridines is 1. The highest BCUT2D eigenvalue weighted by Gasteiger charge is 2.20. The molecule has 0 fully saturated rings. The van der Waals surface area contributed by atoms with Crippen molar-refractivity contribution in [2.45, 2.75) is 6.04 Å². The maximum absolute atomic E-state index is 10.5. The molecule has 1 atom stereocenters. The molecule has 1 aliphatic carbocycles. The molecule has 0 amide bonds. The second kappa shape index (κ2) is 3.02. The average Bonchev–Trinajstić information content (AvgIpc) is 2.16. The minimum Gasteiger partial charge on any atom is -0.386 e. The van der Waals surface area contributed by atoms with E-state index in [1.165, 1.54) is 6.08 Å². The highest BCUT2D eigenvalue weighted by Crippen LogP contribution is 2.19. The van der Waals surface area contributed by atoms with Crippen LogP contribution in [0.3, 0.4) is 0 Å². The summed E-state index contributed by atoms with van der Waals surface area (Å²) in [7, 11) is 0. The van der Waals surface area contributed by atoms with Crippen molar-refractivity contribution in [3.63, 3.8) is 0 Å². The van der Waals surface area contributed by atoms with Crippen LogP contribution in [0.15, 0.2) is 47.5 Å². The number of rotatable bonds is 1. The van der Waals surface area contributed by atoms with Gasteiger partial charge >= 0.3 is 0 Å². The Morgan fingerprint density at radius 1 is 1.50 bits per heavy atom. The lowest BCUT2D eigenvalue weighted by molar-refractivity contribution is -0.419. The van der Waals surface area contributed by atoms with E-state index in [4.69, 9.17) is 5.73 Å². The Morgan fingerprint density at radius 2 is 2.29 bits per heavy atom. The molecular formula is C9H9N3O2. The van der Waals surface area contributed by atoms with E-state index in [1.54, 1.807) is 24.3 Å². The zero-order valence-corrected chi connectivity index (χ0v) is 7.31. The molecular weight excluding hydrogens is 182 g/mol. The summed E-state index contributed by atoms with van der Waals surface area (Å²) >= 11 is 0. The second-order valence-electron chi connectivity index (χ2n) is 3.10. The van der Waals surface area contributed by atoms with E-state index < -0.39 is 4.92 Å². The van der Waals surface area contributed by atoms with Crippen molar-refractivity contribution < 1.29 is 4.92 Å². The van der Waals surface area contributed by atoms with Crippen molar-refractivity contribution in [2.24, 2.45) is 5.73 Å². The van der Waals surface area contributed by atoms with E-state index in [9.17, 15) is 10.1 Å². The Balaban J connectivity index is 2.34. The van der Waals surface area contributed by atoms with Gasteiger partial charge in [-0.25, -0.2) is 0 Å². The Labute approximate surface area is 80.4 Å². The normalized spacial score (nSPS) is 24.0. The third-order valence-corrected chi connectivity index (χ3v) is 2.12. The van der Waals surface area contributed by atoms with Gasteiger partial charge in [0, 0.05) is 12.2 Å². The van der Waals surface area contributed by atoms with Crippen LogP contribution in [0.25, 0.3) is 0 Å². The zero-order valence-electron chi connectivity index (χ0n) is 7.31. The van der Waals surface area contributed by atoms with Crippen molar-refractivity contribution in [2.75, 3.05) is 0 Å². The second-order valence-corrected chi connectivity index (χ2v) is 3.10. The van der Waals surface area contributed by atoms with Gasteiger partial charge in [0.05, 0.1) is 16.8 Å². The van der Waals surface area contributed by atoms with Gasteiger partial charge in [0.1, 0.15) is 0 Å². The number of fused-ring (bicyclic) bond motifs is 1. The van der Waals surface area contributed by atoms with Gasteiger partial charge in [0.2, 0.25) is 0 Å². The van der Waals surface area contributed by atoms with Gasteiger partial charge in [0.25, 0.3) is 5.70 Å². The molecule has 72 valence electrons. The summed E-state index contributed by atoms with van der Waals surface area (Å²) in [5.41, 5.74) is 6.51. The summed E-state index contributed by atoms with van der Waals surface area (Å²) in [6.07, 6.45) is 8.22. The summed E-state index contributed by atoms with van der Waals surface area (Å²) in [6, 6.07) is -0.0382. The van der Waals surface area contributed by atoms with Gasteiger partial charge in [-0.2, -0.15) is 0 Å². The third-order valence-electron chi connectivity index (χ3n) is 2.12. The maximum Gasteiger partial charge on any atom is 0.269 e. The van der Waals surface area contributed by atoms with Crippen molar-refractivity contribution in [1.29, 1.82) is 0 Å². The number of nitrogens with zero attached hydrogens (tertiary/aromatic N) is 1. The predicted molar refractivity (Wildman–Crippen MR) is 51.5 cm³/mol. The smallest absolute Gasteiger partial charge is 0.269 e. The quantitative estimate of drug-likeness (QED) is 0.464. The summed E-state index contributed by atoms with van der Waals surface area (Å²) < 4.78 is 0. The first-order valence-corrected chi connectivity index (χ1v) is 4.15. The standard InChI is InChI=1S/C9H9N3O2/c10-9-4-1-6-5-7(12(13)14)2-3-8(6)11-9/h1-5,8,11H,10H2. The fraction of sp³-hybridized carbons (Fsp3) is 0.111. The predicted octanol–water partition coefficient (Wildman–Crippen LogP) is 0.415. The minimum atomic E-state index is -0.408. The van der Waals surface area contributed by atoms with Crippen LogP contribution in [0, 0.1) is 10.1 Å². The maximum atomic E-state index is 10.5. The van der Waals surface area contributed by atoms with Crippen molar-refractivity contribution in [1.82, 2.24) is 5.32 Å². The number of hydrogen-bond acceptors (Lipinski definition) is 4. The summed E-state index contributed by atoms with van der Waals surface area (Å²) in [4.78, 5) is 10.1. The molecule has 1 unspecified atom stereocenters. The molecule has 0 radical (unpaired) electrons. The van der Waals surface area contributed by atoms with Crippen LogP contribution in [0.2, 0.25) is 0 Å². The first kappa shape index (κ1) is 8.55. The first-order valence-electron chi connectivity index (χ1n) is 4.15. The SMILES string of the molecule is NC1=CC=C2C=C([N+](=O)[O-])C=CC2N1. The molecule has 5 nitrogen and oxygen atoms in total. The molecule has 0 bridgehead atoms. The van der Waals surface area contributed by atoms with E-state index in [0.29, 0.717) is 5.82 Å². The summed E-state index contributed by atoms with van der Waals surface area (Å²) in [5.74, 6) is 0.571. The number of nitrogens with two attached hydrogens (primary N) is 1. The topological polar surface area (TPSA) is 81.2 Å².